The van der Waals surface area contributed by atoms with Crippen LogP contribution in [0.5, 0.6) is 5.75 Å². The molecule has 3 nitrogen and oxygen atoms in total. The Morgan fingerprint density at radius 1 is 1.41 bits per heavy atom. The van der Waals surface area contributed by atoms with Crippen molar-refractivity contribution in [2.75, 3.05) is 20.3 Å². The standard InChI is InChI=1S/C13H17ClO3/c1-3-17-8-4-5-12(15)10-6-7-11(14)13(9-10)16-2/h6-7,9H,3-5,8H2,1-2H3. The molecular weight excluding hydrogens is 240 g/mol. The topological polar surface area (TPSA) is 35.5 Å². The number of methoxy groups -OCH3 is 1. The van der Waals surface area contributed by atoms with Gasteiger partial charge in [-0.3, -0.25) is 4.79 Å². The van der Waals surface area contributed by atoms with Crippen LogP contribution in [0.15, 0.2) is 18.2 Å². The second-order valence-corrected chi connectivity index (χ2v) is 3.98. The third-order valence-corrected chi connectivity index (χ3v) is 2.68. The van der Waals surface area contributed by atoms with Gasteiger partial charge in [-0.1, -0.05) is 11.6 Å². The Labute approximate surface area is 107 Å². The van der Waals surface area contributed by atoms with Crippen LogP contribution in [-0.2, 0) is 4.74 Å². The van der Waals surface area contributed by atoms with E-state index in [9.17, 15) is 4.79 Å². The Hall–Kier alpha value is -1.06. The number of hydrogen-bond acceptors (Lipinski definition) is 3. The molecule has 0 radical (unpaired) electrons. The van der Waals surface area contributed by atoms with Crippen LogP contribution in [0.25, 0.3) is 0 Å². The first-order valence-electron chi connectivity index (χ1n) is 5.63. The lowest BCUT2D eigenvalue weighted by Gasteiger charge is -2.06. The number of rotatable bonds is 7. The molecule has 1 rings (SSSR count). The minimum absolute atomic E-state index is 0.0830. The van der Waals surface area contributed by atoms with Crippen molar-refractivity contribution in [1.29, 1.82) is 0 Å². The summed E-state index contributed by atoms with van der Waals surface area (Å²) in [7, 11) is 1.53. The van der Waals surface area contributed by atoms with Gasteiger partial charge < -0.3 is 9.47 Å². The first-order valence-corrected chi connectivity index (χ1v) is 6.01. The zero-order chi connectivity index (χ0) is 12.7. The molecule has 17 heavy (non-hydrogen) atoms. The summed E-state index contributed by atoms with van der Waals surface area (Å²) in [6.07, 6.45) is 1.21. The quantitative estimate of drug-likeness (QED) is 0.554. The molecule has 0 amide bonds. The van der Waals surface area contributed by atoms with Crippen molar-refractivity contribution in [2.24, 2.45) is 0 Å². The van der Waals surface area contributed by atoms with Crippen LogP contribution in [0, 0.1) is 0 Å². The first kappa shape index (κ1) is 14.0. The van der Waals surface area contributed by atoms with Crippen LogP contribution in [-0.4, -0.2) is 26.1 Å². The van der Waals surface area contributed by atoms with E-state index >= 15 is 0 Å². The summed E-state index contributed by atoms with van der Waals surface area (Å²) in [4.78, 5) is 11.8. The van der Waals surface area contributed by atoms with E-state index in [-0.39, 0.29) is 5.78 Å². The molecule has 1 aromatic rings. The van der Waals surface area contributed by atoms with Gasteiger partial charge >= 0.3 is 0 Å². The van der Waals surface area contributed by atoms with Crippen molar-refractivity contribution in [1.82, 2.24) is 0 Å². The van der Waals surface area contributed by atoms with E-state index < -0.39 is 0 Å². The molecule has 0 spiro atoms. The largest absolute Gasteiger partial charge is 0.495 e. The van der Waals surface area contributed by atoms with Gasteiger partial charge in [-0.25, -0.2) is 0 Å². The maximum Gasteiger partial charge on any atom is 0.163 e. The molecule has 0 heterocycles. The second-order valence-electron chi connectivity index (χ2n) is 3.57. The van der Waals surface area contributed by atoms with Crippen molar-refractivity contribution in [3.8, 4) is 5.75 Å². The van der Waals surface area contributed by atoms with E-state index in [1.165, 1.54) is 7.11 Å². The lowest BCUT2D eigenvalue weighted by Crippen LogP contribution is -2.02. The third-order valence-electron chi connectivity index (χ3n) is 2.37. The normalized spacial score (nSPS) is 10.3. The van der Waals surface area contributed by atoms with E-state index in [0.717, 1.165) is 6.42 Å². The van der Waals surface area contributed by atoms with Gasteiger partial charge in [0.1, 0.15) is 5.75 Å². The lowest BCUT2D eigenvalue weighted by molar-refractivity contribution is 0.0946. The van der Waals surface area contributed by atoms with Gasteiger partial charge in [-0.05, 0) is 31.5 Å². The fourth-order valence-corrected chi connectivity index (χ4v) is 1.65. The average Bonchev–Trinajstić information content (AvgIpc) is 2.35. The predicted molar refractivity (Wildman–Crippen MR) is 68.1 cm³/mol. The highest BCUT2D eigenvalue weighted by Crippen LogP contribution is 2.25. The minimum Gasteiger partial charge on any atom is -0.495 e. The number of hydrogen-bond donors (Lipinski definition) is 0. The molecule has 0 aliphatic rings. The Bertz CT molecular complexity index is 377. The molecule has 0 unspecified atom stereocenters. The molecule has 1 aromatic carbocycles. The zero-order valence-corrected chi connectivity index (χ0v) is 10.9. The van der Waals surface area contributed by atoms with Crippen LogP contribution < -0.4 is 4.74 Å². The number of carbonyl (C=O) groups excluding carboxylic acids is 1. The SMILES string of the molecule is CCOCCCC(=O)c1ccc(Cl)c(OC)c1. The minimum atomic E-state index is 0.0830. The summed E-state index contributed by atoms with van der Waals surface area (Å²) in [5.41, 5.74) is 0.628. The smallest absolute Gasteiger partial charge is 0.163 e. The van der Waals surface area contributed by atoms with Crippen molar-refractivity contribution in [3.63, 3.8) is 0 Å². The van der Waals surface area contributed by atoms with Gasteiger partial charge in [0.25, 0.3) is 0 Å². The first-order chi connectivity index (χ1) is 8.19. The fourth-order valence-electron chi connectivity index (χ4n) is 1.46. The molecule has 0 aliphatic carbocycles. The third kappa shape index (κ3) is 4.36. The molecule has 0 saturated carbocycles. The zero-order valence-electron chi connectivity index (χ0n) is 10.2. The Morgan fingerprint density at radius 2 is 2.18 bits per heavy atom. The van der Waals surface area contributed by atoms with E-state index in [0.29, 0.717) is 36.0 Å². The second kappa shape index (κ2) is 7.30. The fraction of sp³-hybridized carbons (Fsp3) is 0.462. The number of benzene rings is 1. The van der Waals surface area contributed by atoms with Gasteiger partial charge in [-0.2, -0.15) is 0 Å². The lowest BCUT2D eigenvalue weighted by atomic mass is 10.1. The van der Waals surface area contributed by atoms with Gasteiger partial charge in [0.05, 0.1) is 12.1 Å². The van der Waals surface area contributed by atoms with Crippen LogP contribution in [0.4, 0.5) is 0 Å². The number of halogens is 1. The van der Waals surface area contributed by atoms with Crippen LogP contribution >= 0.6 is 11.6 Å². The molecule has 0 N–H and O–H groups in total. The number of ketones is 1. The van der Waals surface area contributed by atoms with E-state index in [1.54, 1.807) is 18.2 Å². The molecule has 0 aliphatic heterocycles. The number of ether oxygens (including phenoxy) is 2. The Balaban J connectivity index is 2.57. The summed E-state index contributed by atoms with van der Waals surface area (Å²) >= 11 is 5.89. The molecule has 0 bridgehead atoms. The van der Waals surface area contributed by atoms with Crippen molar-refractivity contribution in [2.45, 2.75) is 19.8 Å². The van der Waals surface area contributed by atoms with Crippen molar-refractivity contribution >= 4 is 17.4 Å². The summed E-state index contributed by atoms with van der Waals surface area (Å²) in [6.45, 7) is 3.24. The molecule has 0 saturated heterocycles. The highest BCUT2D eigenvalue weighted by atomic mass is 35.5. The van der Waals surface area contributed by atoms with Gasteiger partial charge in [0.15, 0.2) is 5.78 Å². The number of Topliss-reactive ketones (excluding diaryl/α,β-unsaturated/α-hetero) is 1. The molecular formula is C13H17ClO3. The summed E-state index contributed by atoms with van der Waals surface area (Å²) in [5.74, 6) is 0.613. The highest BCUT2D eigenvalue weighted by molar-refractivity contribution is 6.32. The summed E-state index contributed by atoms with van der Waals surface area (Å²) < 4.78 is 10.3. The predicted octanol–water partition coefficient (Wildman–Crippen LogP) is 3.35. The summed E-state index contributed by atoms with van der Waals surface area (Å²) in [6, 6.07) is 5.06. The van der Waals surface area contributed by atoms with Gasteiger partial charge in [0.2, 0.25) is 0 Å². The van der Waals surface area contributed by atoms with E-state index in [1.807, 2.05) is 6.92 Å². The van der Waals surface area contributed by atoms with Crippen molar-refractivity contribution < 1.29 is 14.3 Å². The Kier molecular flexibility index (Phi) is 6.01. The van der Waals surface area contributed by atoms with E-state index in [2.05, 4.69) is 0 Å². The van der Waals surface area contributed by atoms with Gasteiger partial charge in [0, 0.05) is 25.2 Å². The maximum absolute atomic E-state index is 11.8. The number of carbonyl (C=O) groups is 1. The molecule has 4 heteroatoms. The summed E-state index contributed by atoms with van der Waals surface area (Å²) in [5, 5.41) is 0.512. The van der Waals surface area contributed by atoms with Crippen LogP contribution in [0.1, 0.15) is 30.1 Å². The Morgan fingerprint density at radius 3 is 2.82 bits per heavy atom. The molecule has 0 fully saturated rings. The van der Waals surface area contributed by atoms with Gasteiger partial charge in [-0.15, -0.1) is 0 Å². The van der Waals surface area contributed by atoms with E-state index in [4.69, 9.17) is 21.1 Å². The van der Waals surface area contributed by atoms with Crippen LogP contribution in [0.3, 0.4) is 0 Å². The van der Waals surface area contributed by atoms with Crippen molar-refractivity contribution in [3.05, 3.63) is 28.8 Å². The monoisotopic (exact) mass is 256 g/mol. The molecule has 0 aromatic heterocycles. The molecule has 94 valence electrons. The average molecular weight is 257 g/mol. The van der Waals surface area contributed by atoms with Crippen LogP contribution in [0.2, 0.25) is 5.02 Å². The highest BCUT2D eigenvalue weighted by Gasteiger charge is 2.09. The maximum atomic E-state index is 11.8. The molecule has 0 atom stereocenters.